The number of hydrogen-bond acceptors (Lipinski definition) is 3. The standard InChI is InChI=1S/C3H7NO2/c4-1-3(6)2-5/h2-3,6H,1,4H2/t3-/m1/s1. The maximum atomic E-state index is 9.41. The Bertz CT molecular complexity index is 46.1. The minimum Gasteiger partial charge on any atom is -0.384 e. The molecule has 0 aliphatic carbocycles. The van der Waals surface area contributed by atoms with Crippen molar-refractivity contribution in [1.29, 1.82) is 0 Å². The molecule has 0 bridgehead atoms. The summed E-state index contributed by atoms with van der Waals surface area (Å²) in [4.78, 5) is 9.41. The van der Waals surface area contributed by atoms with Crippen LogP contribution in [0.5, 0.6) is 0 Å². The zero-order valence-electron chi connectivity index (χ0n) is 3.29. The smallest absolute Gasteiger partial charge is 0.149 e. The predicted molar refractivity (Wildman–Crippen MR) is 21.1 cm³/mol. The van der Waals surface area contributed by atoms with E-state index in [0.717, 1.165) is 0 Å². The van der Waals surface area contributed by atoms with Crippen LogP contribution in [0, 0.1) is 0 Å². The Morgan fingerprint density at radius 2 is 2.50 bits per heavy atom. The van der Waals surface area contributed by atoms with Gasteiger partial charge in [-0.15, -0.1) is 0 Å². The van der Waals surface area contributed by atoms with E-state index in [0.29, 0.717) is 6.29 Å². The first kappa shape index (κ1) is 5.59. The zero-order valence-corrected chi connectivity index (χ0v) is 3.29. The highest BCUT2D eigenvalue weighted by Gasteiger charge is 1.91. The van der Waals surface area contributed by atoms with E-state index in [9.17, 15) is 4.79 Å². The highest BCUT2D eigenvalue weighted by Crippen LogP contribution is 1.63. The van der Waals surface area contributed by atoms with Crippen molar-refractivity contribution in [3.63, 3.8) is 0 Å². The van der Waals surface area contributed by atoms with Gasteiger partial charge in [0.1, 0.15) is 12.4 Å². The van der Waals surface area contributed by atoms with Gasteiger partial charge < -0.3 is 15.6 Å². The molecule has 0 fully saturated rings. The second-order valence-corrected chi connectivity index (χ2v) is 0.939. The Hall–Kier alpha value is -0.410. The Morgan fingerprint density at radius 1 is 2.00 bits per heavy atom. The number of aldehydes is 1. The molecule has 36 valence electrons. The maximum Gasteiger partial charge on any atom is 0.149 e. The molecular formula is C3H7NO2. The second-order valence-electron chi connectivity index (χ2n) is 0.939. The topological polar surface area (TPSA) is 63.3 Å². The molecule has 0 heterocycles. The molecule has 0 aliphatic rings. The van der Waals surface area contributed by atoms with E-state index in [1.165, 1.54) is 0 Å². The molecule has 0 aromatic carbocycles. The molecule has 0 unspecified atom stereocenters. The largest absolute Gasteiger partial charge is 0.384 e. The summed E-state index contributed by atoms with van der Waals surface area (Å²) in [6.07, 6.45) is -0.565. The summed E-state index contributed by atoms with van der Waals surface area (Å²) in [7, 11) is 0. The minimum absolute atomic E-state index is 0.0174. The molecule has 0 saturated carbocycles. The third kappa shape index (κ3) is 1.87. The first-order valence-corrected chi connectivity index (χ1v) is 1.64. The van der Waals surface area contributed by atoms with Crippen LogP contribution >= 0.6 is 0 Å². The van der Waals surface area contributed by atoms with E-state index in [2.05, 4.69) is 0 Å². The van der Waals surface area contributed by atoms with Crippen molar-refractivity contribution in [3.8, 4) is 0 Å². The predicted octanol–water partition coefficient (Wildman–Crippen LogP) is -1.50. The van der Waals surface area contributed by atoms with Crippen LogP contribution in [0.25, 0.3) is 0 Å². The number of rotatable bonds is 2. The van der Waals surface area contributed by atoms with Crippen LogP contribution in [-0.4, -0.2) is 24.0 Å². The van der Waals surface area contributed by atoms with Crippen LogP contribution in [-0.2, 0) is 4.79 Å². The fraction of sp³-hybridized carbons (Fsp3) is 0.667. The molecule has 0 aliphatic heterocycles. The van der Waals surface area contributed by atoms with Gasteiger partial charge in [0.2, 0.25) is 0 Å². The molecule has 1 atom stereocenters. The lowest BCUT2D eigenvalue weighted by atomic mass is 10.4. The van der Waals surface area contributed by atoms with E-state index in [-0.39, 0.29) is 6.54 Å². The summed E-state index contributed by atoms with van der Waals surface area (Å²) in [6.45, 7) is 0.0174. The Morgan fingerprint density at radius 3 is 2.50 bits per heavy atom. The molecule has 3 nitrogen and oxygen atoms in total. The first-order chi connectivity index (χ1) is 2.81. The molecule has 0 spiro atoms. The van der Waals surface area contributed by atoms with Gasteiger partial charge in [-0.3, -0.25) is 0 Å². The molecular weight excluding hydrogens is 82.0 g/mol. The Kier molecular flexibility index (Phi) is 2.62. The van der Waals surface area contributed by atoms with Gasteiger partial charge in [-0.2, -0.15) is 0 Å². The third-order valence-corrected chi connectivity index (χ3v) is 0.399. The van der Waals surface area contributed by atoms with Crippen molar-refractivity contribution >= 4 is 6.29 Å². The fourth-order valence-electron chi connectivity index (χ4n) is 0.0556. The van der Waals surface area contributed by atoms with Crippen LogP contribution in [0.15, 0.2) is 0 Å². The summed E-state index contributed by atoms with van der Waals surface area (Å²) < 4.78 is 0. The average Bonchev–Trinajstić information content (AvgIpc) is 1.65. The average molecular weight is 89.1 g/mol. The van der Waals surface area contributed by atoms with Gasteiger partial charge >= 0.3 is 0 Å². The highest BCUT2D eigenvalue weighted by molar-refractivity contribution is 5.55. The first-order valence-electron chi connectivity index (χ1n) is 1.64. The monoisotopic (exact) mass is 89.0 g/mol. The van der Waals surface area contributed by atoms with Gasteiger partial charge in [0.25, 0.3) is 0 Å². The van der Waals surface area contributed by atoms with Crippen LogP contribution in [0.2, 0.25) is 0 Å². The van der Waals surface area contributed by atoms with Crippen LogP contribution in [0.3, 0.4) is 0 Å². The number of carbonyl (C=O) groups is 1. The summed E-state index contributed by atoms with van der Waals surface area (Å²) >= 11 is 0. The molecule has 0 radical (unpaired) electrons. The molecule has 0 saturated heterocycles. The lowest BCUT2D eigenvalue weighted by Gasteiger charge is -1.90. The summed E-state index contributed by atoms with van der Waals surface area (Å²) in [6, 6.07) is 0. The Balaban J connectivity index is 2.96. The normalized spacial score (nSPS) is 13.7. The molecule has 6 heavy (non-hydrogen) atoms. The van der Waals surface area contributed by atoms with Crippen LogP contribution < -0.4 is 5.73 Å². The quantitative estimate of drug-likeness (QED) is 0.405. The van der Waals surface area contributed by atoms with Gasteiger partial charge in [0.15, 0.2) is 0 Å². The fourth-order valence-corrected chi connectivity index (χ4v) is 0.0556. The summed E-state index contributed by atoms with van der Waals surface area (Å²) in [5.41, 5.74) is 4.80. The number of hydrogen-bond donors (Lipinski definition) is 2. The van der Waals surface area contributed by atoms with Crippen molar-refractivity contribution in [3.05, 3.63) is 0 Å². The molecule has 3 heteroatoms. The SMILES string of the molecule is NC[C@@H](O)C=O. The zero-order chi connectivity index (χ0) is 4.99. The molecule has 3 N–H and O–H groups in total. The Labute approximate surface area is 35.8 Å². The van der Waals surface area contributed by atoms with Gasteiger partial charge in [0, 0.05) is 6.54 Å². The summed E-state index contributed by atoms with van der Waals surface area (Å²) in [5, 5.41) is 8.17. The van der Waals surface area contributed by atoms with Crippen molar-refractivity contribution in [2.75, 3.05) is 6.54 Å². The van der Waals surface area contributed by atoms with Crippen molar-refractivity contribution < 1.29 is 9.90 Å². The molecule has 0 aromatic heterocycles. The van der Waals surface area contributed by atoms with Gasteiger partial charge in [0.05, 0.1) is 0 Å². The van der Waals surface area contributed by atoms with Crippen molar-refractivity contribution in [1.82, 2.24) is 0 Å². The van der Waals surface area contributed by atoms with E-state index < -0.39 is 6.10 Å². The van der Waals surface area contributed by atoms with Crippen molar-refractivity contribution in [2.45, 2.75) is 6.10 Å². The lowest BCUT2D eigenvalue weighted by Crippen LogP contribution is -2.20. The number of aliphatic hydroxyl groups excluding tert-OH is 1. The van der Waals surface area contributed by atoms with Gasteiger partial charge in [-0.05, 0) is 0 Å². The third-order valence-electron chi connectivity index (χ3n) is 0.399. The highest BCUT2D eigenvalue weighted by atomic mass is 16.3. The van der Waals surface area contributed by atoms with Crippen molar-refractivity contribution in [2.24, 2.45) is 5.73 Å². The number of aliphatic hydroxyl groups is 1. The molecule has 0 amide bonds. The van der Waals surface area contributed by atoms with E-state index >= 15 is 0 Å². The van der Waals surface area contributed by atoms with Crippen LogP contribution in [0.4, 0.5) is 0 Å². The summed E-state index contributed by atoms with van der Waals surface area (Å²) in [5.74, 6) is 0. The van der Waals surface area contributed by atoms with Gasteiger partial charge in [-0.1, -0.05) is 0 Å². The van der Waals surface area contributed by atoms with Gasteiger partial charge in [-0.25, -0.2) is 0 Å². The van der Waals surface area contributed by atoms with E-state index in [1.807, 2.05) is 0 Å². The molecule has 0 aromatic rings. The van der Waals surface area contributed by atoms with E-state index in [4.69, 9.17) is 10.8 Å². The van der Waals surface area contributed by atoms with Crippen LogP contribution in [0.1, 0.15) is 0 Å². The second kappa shape index (κ2) is 2.81. The lowest BCUT2D eigenvalue weighted by molar-refractivity contribution is -0.114. The number of carbonyl (C=O) groups excluding carboxylic acids is 1. The molecule has 0 rings (SSSR count). The number of nitrogens with two attached hydrogens (primary N) is 1. The minimum atomic E-state index is -0.968. The van der Waals surface area contributed by atoms with E-state index in [1.54, 1.807) is 0 Å². The maximum absolute atomic E-state index is 9.41.